The molecule has 0 bridgehead atoms. The molecule has 2 heterocycles. The van der Waals surface area contributed by atoms with Crippen molar-refractivity contribution in [1.82, 2.24) is 25.0 Å². The van der Waals surface area contributed by atoms with Gasteiger partial charge in [0.15, 0.2) is 5.82 Å². The number of aromatic nitrogens is 5. The van der Waals surface area contributed by atoms with Gasteiger partial charge in [-0.05, 0) is 0 Å². The van der Waals surface area contributed by atoms with Crippen LogP contribution in [0.4, 0.5) is 0 Å². The lowest BCUT2D eigenvalue weighted by atomic mass is 10.6. The predicted octanol–water partition coefficient (Wildman–Crippen LogP) is 0.0659. The highest BCUT2D eigenvalue weighted by Crippen LogP contribution is 2.06. The van der Waals surface area contributed by atoms with Gasteiger partial charge in [-0.25, -0.2) is 4.68 Å². The number of methoxy groups -OCH3 is 1. The highest BCUT2D eigenvalue weighted by Gasteiger charge is 2.00. The van der Waals surface area contributed by atoms with Crippen molar-refractivity contribution in [3.63, 3.8) is 0 Å². The van der Waals surface area contributed by atoms with Gasteiger partial charge < -0.3 is 4.74 Å². The standard InChI is InChI=1S/C7H7N5O/c1-13-7-5-8-4-6(10-7)12-3-2-9-11-12/h2-5H,1H3. The molecule has 2 aromatic heterocycles. The molecule has 0 aromatic carbocycles. The molecule has 13 heavy (non-hydrogen) atoms. The van der Waals surface area contributed by atoms with E-state index in [0.29, 0.717) is 11.7 Å². The van der Waals surface area contributed by atoms with Gasteiger partial charge in [0.25, 0.3) is 0 Å². The highest BCUT2D eigenvalue weighted by atomic mass is 16.5. The van der Waals surface area contributed by atoms with E-state index in [9.17, 15) is 0 Å². The van der Waals surface area contributed by atoms with Crippen LogP contribution in [0.25, 0.3) is 5.82 Å². The van der Waals surface area contributed by atoms with E-state index in [-0.39, 0.29) is 0 Å². The average Bonchev–Trinajstić information content (AvgIpc) is 2.71. The van der Waals surface area contributed by atoms with Crippen molar-refractivity contribution < 1.29 is 4.74 Å². The third kappa shape index (κ3) is 1.46. The summed E-state index contributed by atoms with van der Waals surface area (Å²) < 4.78 is 6.43. The van der Waals surface area contributed by atoms with E-state index in [1.807, 2.05) is 0 Å². The van der Waals surface area contributed by atoms with E-state index in [0.717, 1.165) is 0 Å². The van der Waals surface area contributed by atoms with Crippen LogP contribution in [0.3, 0.4) is 0 Å². The zero-order chi connectivity index (χ0) is 9.10. The maximum atomic E-state index is 4.92. The number of nitrogens with zero attached hydrogens (tertiary/aromatic N) is 5. The average molecular weight is 177 g/mol. The molecule has 0 aliphatic carbocycles. The molecule has 0 N–H and O–H groups in total. The van der Waals surface area contributed by atoms with E-state index < -0.39 is 0 Å². The monoisotopic (exact) mass is 177 g/mol. The molecular weight excluding hydrogens is 170 g/mol. The minimum Gasteiger partial charge on any atom is -0.480 e. The fourth-order valence-corrected chi connectivity index (χ4v) is 0.877. The highest BCUT2D eigenvalue weighted by molar-refractivity contribution is 5.19. The lowest BCUT2D eigenvalue weighted by Crippen LogP contribution is -2.00. The van der Waals surface area contributed by atoms with Gasteiger partial charge in [-0.3, -0.25) is 4.98 Å². The molecule has 0 aliphatic rings. The zero-order valence-electron chi connectivity index (χ0n) is 6.95. The van der Waals surface area contributed by atoms with E-state index in [4.69, 9.17) is 4.74 Å². The fraction of sp³-hybridized carbons (Fsp3) is 0.143. The molecule has 66 valence electrons. The van der Waals surface area contributed by atoms with E-state index >= 15 is 0 Å². The van der Waals surface area contributed by atoms with Gasteiger partial charge in [0, 0.05) is 0 Å². The molecular formula is C7H7N5O. The first kappa shape index (κ1) is 7.66. The van der Waals surface area contributed by atoms with E-state index in [1.54, 1.807) is 18.6 Å². The van der Waals surface area contributed by atoms with E-state index in [1.165, 1.54) is 18.0 Å². The van der Waals surface area contributed by atoms with Crippen LogP contribution in [0.15, 0.2) is 24.8 Å². The maximum absolute atomic E-state index is 4.92. The van der Waals surface area contributed by atoms with Crippen molar-refractivity contribution in [2.75, 3.05) is 7.11 Å². The summed E-state index contributed by atoms with van der Waals surface area (Å²) >= 11 is 0. The Morgan fingerprint density at radius 1 is 1.38 bits per heavy atom. The number of rotatable bonds is 2. The summed E-state index contributed by atoms with van der Waals surface area (Å²) in [5, 5.41) is 7.43. The Hall–Kier alpha value is -1.98. The molecule has 0 unspecified atom stereocenters. The van der Waals surface area contributed by atoms with Crippen molar-refractivity contribution >= 4 is 0 Å². The van der Waals surface area contributed by atoms with Crippen molar-refractivity contribution in [1.29, 1.82) is 0 Å². The third-order valence-corrected chi connectivity index (χ3v) is 1.47. The molecule has 0 amide bonds. The molecule has 0 atom stereocenters. The van der Waals surface area contributed by atoms with Gasteiger partial charge in [-0.2, -0.15) is 4.98 Å². The van der Waals surface area contributed by atoms with Crippen LogP contribution >= 0.6 is 0 Å². The van der Waals surface area contributed by atoms with Crippen LogP contribution in [0.2, 0.25) is 0 Å². The van der Waals surface area contributed by atoms with Crippen LogP contribution in [0.5, 0.6) is 5.88 Å². The minimum atomic E-state index is 0.452. The van der Waals surface area contributed by atoms with Gasteiger partial charge in [-0.15, -0.1) is 5.10 Å². The van der Waals surface area contributed by atoms with Crippen LogP contribution in [0.1, 0.15) is 0 Å². The molecule has 6 heteroatoms. The number of ether oxygens (including phenoxy) is 1. The largest absolute Gasteiger partial charge is 0.480 e. The Kier molecular flexibility index (Phi) is 1.87. The van der Waals surface area contributed by atoms with Crippen LogP contribution in [0, 0.1) is 0 Å². The van der Waals surface area contributed by atoms with Crippen LogP contribution < -0.4 is 4.74 Å². The Morgan fingerprint density at radius 3 is 3.00 bits per heavy atom. The van der Waals surface area contributed by atoms with Gasteiger partial charge in [0.2, 0.25) is 5.88 Å². The van der Waals surface area contributed by atoms with Crippen molar-refractivity contribution in [3.05, 3.63) is 24.8 Å². The normalized spacial score (nSPS) is 9.92. The van der Waals surface area contributed by atoms with Gasteiger partial charge in [0.05, 0.1) is 31.9 Å². The molecule has 0 saturated carbocycles. The van der Waals surface area contributed by atoms with Gasteiger partial charge in [0.1, 0.15) is 0 Å². The third-order valence-electron chi connectivity index (χ3n) is 1.47. The number of hydrogen-bond donors (Lipinski definition) is 0. The second-order valence-electron chi connectivity index (χ2n) is 2.27. The SMILES string of the molecule is COc1cncc(-n2ccnn2)n1. The second kappa shape index (κ2) is 3.18. The fourth-order valence-electron chi connectivity index (χ4n) is 0.877. The lowest BCUT2D eigenvalue weighted by molar-refractivity contribution is 0.394. The molecule has 2 rings (SSSR count). The Labute approximate surface area is 74.2 Å². The van der Waals surface area contributed by atoms with Crippen molar-refractivity contribution in [2.45, 2.75) is 0 Å². The molecule has 2 aromatic rings. The van der Waals surface area contributed by atoms with Crippen LogP contribution in [-0.2, 0) is 0 Å². The van der Waals surface area contributed by atoms with Crippen LogP contribution in [-0.4, -0.2) is 32.1 Å². The Morgan fingerprint density at radius 2 is 2.31 bits per heavy atom. The summed E-state index contributed by atoms with van der Waals surface area (Å²) in [6, 6.07) is 0. The van der Waals surface area contributed by atoms with Gasteiger partial charge in [-0.1, -0.05) is 5.21 Å². The first-order valence-electron chi connectivity index (χ1n) is 3.63. The topological polar surface area (TPSA) is 65.7 Å². The van der Waals surface area contributed by atoms with Crippen molar-refractivity contribution in [2.24, 2.45) is 0 Å². The Bertz CT molecular complexity index is 386. The molecule has 0 saturated heterocycles. The molecule has 0 aliphatic heterocycles. The first-order chi connectivity index (χ1) is 6.40. The van der Waals surface area contributed by atoms with E-state index in [2.05, 4.69) is 20.3 Å². The molecule has 6 nitrogen and oxygen atoms in total. The second-order valence-corrected chi connectivity index (χ2v) is 2.27. The number of hydrogen-bond acceptors (Lipinski definition) is 5. The first-order valence-corrected chi connectivity index (χ1v) is 3.63. The summed E-state index contributed by atoms with van der Waals surface area (Å²) in [6.45, 7) is 0. The summed E-state index contributed by atoms with van der Waals surface area (Å²) in [4.78, 5) is 8.04. The van der Waals surface area contributed by atoms with Gasteiger partial charge >= 0.3 is 0 Å². The smallest absolute Gasteiger partial charge is 0.234 e. The summed E-state index contributed by atoms with van der Waals surface area (Å²) in [5.41, 5.74) is 0. The summed E-state index contributed by atoms with van der Waals surface area (Å²) in [7, 11) is 1.54. The lowest BCUT2D eigenvalue weighted by Gasteiger charge is -2.00. The molecule has 0 radical (unpaired) electrons. The van der Waals surface area contributed by atoms with Crippen molar-refractivity contribution in [3.8, 4) is 11.7 Å². The minimum absolute atomic E-state index is 0.452. The summed E-state index contributed by atoms with van der Waals surface area (Å²) in [6.07, 6.45) is 6.36. The maximum Gasteiger partial charge on any atom is 0.234 e. The molecule has 0 spiro atoms. The quantitative estimate of drug-likeness (QED) is 0.649. The molecule has 0 fully saturated rings. The Balaban J connectivity index is 2.41. The summed E-state index contributed by atoms with van der Waals surface area (Å²) in [5.74, 6) is 1.03. The zero-order valence-corrected chi connectivity index (χ0v) is 6.95. The predicted molar refractivity (Wildman–Crippen MR) is 43.5 cm³/mol.